The van der Waals surface area contributed by atoms with Crippen LogP contribution in [-0.2, 0) is 17.5 Å². The lowest BCUT2D eigenvalue weighted by Crippen LogP contribution is -2.36. The van der Waals surface area contributed by atoms with Gasteiger partial charge in [-0.2, -0.15) is 13.2 Å². The van der Waals surface area contributed by atoms with Gasteiger partial charge in [-0.1, -0.05) is 0 Å². The molecule has 1 amide bonds. The Labute approximate surface area is 125 Å². The van der Waals surface area contributed by atoms with Gasteiger partial charge in [0.2, 0.25) is 0 Å². The van der Waals surface area contributed by atoms with Gasteiger partial charge in [0.15, 0.2) is 0 Å². The van der Waals surface area contributed by atoms with E-state index in [1.165, 1.54) is 7.11 Å². The number of rotatable bonds is 4. The molecule has 5 nitrogen and oxygen atoms in total. The van der Waals surface area contributed by atoms with Crippen molar-refractivity contribution in [2.45, 2.75) is 12.7 Å². The topological polar surface area (TPSA) is 64.8 Å². The van der Waals surface area contributed by atoms with E-state index in [-0.39, 0.29) is 23.4 Å². The lowest BCUT2D eigenvalue weighted by Gasteiger charge is -2.27. The molecule has 1 saturated heterocycles. The zero-order chi connectivity index (χ0) is 16.3. The van der Waals surface area contributed by atoms with E-state index in [0.29, 0.717) is 26.3 Å². The number of carbonyl (C=O) groups is 1. The lowest BCUT2D eigenvalue weighted by atomic mass is 10.0. The summed E-state index contributed by atoms with van der Waals surface area (Å²) < 4.78 is 49.3. The first-order chi connectivity index (χ1) is 10.3. The van der Waals surface area contributed by atoms with Gasteiger partial charge in [0, 0.05) is 25.2 Å². The van der Waals surface area contributed by atoms with Gasteiger partial charge in [-0.15, -0.1) is 0 Å². The molecule has 1 aliphatic heterocycles. The summed E-state index contributed by atoms with van der Waals surface area (Å²) in [4.78, 5) is 13.4. The zero-order valence-corrected chi connectivity index (χ0v) is 12.1. The number of benzene rings is 1. The predicted octanol–water partition coefficient (Wildman–Crippen LogP) is 1.65. The third-order valence-electron chi connectivity index (χ3n) is 3.46. The molecule has 0 atom stereocenters. The number of alkyl halides is 3. The van der Waals surface area contributed by atoms with E-state index in [9.17, 15) is 18.0 Å². The number of amides is 1. The Kier molecular flexibility index (Phi) is 4.92. The SMILES string of the molecule is COc1c(CN2CCOCC2)cc(C(F)(F)F)cc1C(N)=O. The fraction of sp³-hybridized carbons (Fsp3) is 0.500. The molecule has 0 saturated carbocycles. The van der Waals surface area contributed by atoms with E-state index in [4.69, 9.17) is 15.2 Å². The van der Waals surface area contributed by atoms with Crippen molar-refractivity contribution in [1.29, 1.82) is 0 Å². The summed E-state index contributed by atoms with van der Waals surface area (Å²) in [6.45, 7) is 2.47. The molecule has 1 heterocycles. The largest absolute Gasteiger partial charge is 0.496 e. The van der Waals surface area contributed by atoms with Crippen LogP contribution in [0.4, 0.5) is 13.2 Å². The molecular weight excluding hydrogens is 301 g/mol. The summed E-state index contributed by atoms with van der Waals surface area (Å²) in [7, 11) is 1.30. The number of nitrogens with two attached hydrogens (primary N) is 1. The molecule has 0 spiro atoms. The van der Waals surface area contributed by atoms with Crippen molar-refractivity contribution in [3.05, 3.63) is 28.8 Å². The molecule has 0 aromatic heterocycles. The monoisotopic (exact) mass is 318 g/mol. The number of hydrogen-bond acceptors (Lipinski definition) is 4. The minimum absolute atomic E-state index is 0.0898. The fourth-order valence-corrected chi connectivity index (χ4v) is 2.39. The van der Waals surface area contributed by atoms with E-state index >= 15 is 0 Å². The average Bonchev–Trinajstić information content (AvgIpc) is 2.46. The van der Waals surface area contributed by atoms with Gasteiger partial charge in [0.1, 0.15) is 5.75 Å². The number of hydrogen-bond donors (Lipinski definition) is 1. The summed E-state index contributed by atoms with van der Waals surface area (Å²) in [5, 5.41) is 0. The highest BCUT2D eigenvalue weighted by Crippen LogP contribution is 2.35. The fourth-order valence-electron chi connectivity index (χ4n) is 2.39. The van der Waals surface area contributed by atoms with Crippen LogP contribution in [0.1, 0.15) is 21.5 Å². The van der Waals surface area contributed by atoms with Crippen molar-refractivity contribution in [2.24, 2.45) is 5.73 Å². The van der Waals surface area contributed by atoms with Crippen molar-refractivity contribution in [3.8, 4) is 5.75 Å². The minimum atomic E-state index is -4.56. The quantitative estimate of drug-likeness (QED) is 0.917. The molecule has 22 heavy (non-hydrogen) atoms. The molecule has 1 aromatic rings. The Bertz CT molecular complexity index is 555. The molecule has 1 fully saturated rings. The molecular formula is C14H17F3N2O3. The van der Waals surface area contributed by atoms with Crippen LogP contribution >= 0.6 is 0 Å². The second kappa shape index (κ2) is 6.53. The first kappa shape index (κ1) is 16.6. The van der Waals surface area contributed by atoms with E-state index in [2.05, 4.69) is 0 Å². The van der Waals surface area contributed by atoms with Crippen LogP contribution in [0.15, 0.2) is 12.1 Å². The Morgan fingerprint density at radius 1 is 1.36 bits per heavy atom. The van der Waals surface area contributed by atoms with Crippen LogP contribution in [-0.4, -0.2) is 44.2 Å². The summed E-state index contributed by atoms with van der Waals surface area (Å²) in [6.07, 6.45) is -4.56. The summed E-state index contributed by atoms with van der Waals surface area (Å²) in [6, 6.07) is 1.73. The second-order valence-electron chi connectivity index (χ2n) is 4.97. The van der Waals surface area contributed by atoms with Crippen LogP contribution in [0.3, 0.4) is 0 Å². The van der Waals surface area contributed by atoms with E-state index < -0.39 is 17.6 Å². The van der Waals surface area contributed by atoms with E-state index in [0.717, 1.165) is 12.1 Å². The predicted molar refractivity (Wildman–Crippen MR) is 72.6 cm³/mol. The number of primary amides is 1. The highest BCUT2D eigenvalue weighted by atomic mass is 19.4. The van der Waals surface area contributed by atoms with E-state index in [1.54, 1.807) is 0 Å². The second-order valence-corrected chi connectivity index (χ2v) is 4.97. The van der Waals surface area contributed by atoms with Crippen molar-refractivity contribution >= 4 is 5.91 Å². The third kappa shape index (κ3) is 3.69. The molecule has 2 rings (SSSR count). The van der Waals surface area contributed by atoms with Crippen molar-refractivity contribution < 1.29 is 27.4 Å². The average molecular weight is 318 g/mol. The number of methoxy groups -OCH3 is 1. The maximum absolute atomic E-state index is 13.0. The maximum atomic E-state index is 13.0. The summed E-state index contributed by atoms with van der Waals surface area (Å²) in [5.41, 5.74) is 4.29. The van der Waals surface area contributed by atoms with Gasteiger partial charge in [0.05, 0.1) is 31.5 Å². The highest BCUT2D eigenvalue weighted by molar-refractivity contribution is 5.96. The van der Waals surface area contributed by atoms with Crippen molar-refractivity contribution in [3.63, 3.8) is 0 Å². The summed E-state index contributed by atoms with van der Waals surface area (Å²) in [5.74, 6) is -0.863. The number of morpholine rings is 1. The van der Waals surface area contributed by atoms with Gasteiger partial charge < -0.3 is 15.2 Å². The Morgan fingerprint density at radius 3 is 2.50 bits per heavy atom. The van der Waals surface area contributed by atoms with Crippen LogP contribution in [0.5, 0.6) is 5.75 Å². The number of nitrogens with zero attached hydrogens (tertiary/aromatic N) is 1. The van der Waals surface area contributed by atoms with Crippen LogP contribution in [0.2, 0.25) is 0 Å². The molecule has 1 aliphatic rings. The van der Waals surface area contributed by atoms with Gasteiger partial charge in [-0.25, -0.2) is 0 Å². The highest BCUT2D eigenvalue weighted by Gasteiger charge is 2.33. The van der Waals surface area contributed by atoms with Gasteiger partial charge in [-0.3, -0.25) is 9.69 Å². The molecule has 122 valence electrons. The third-order valence-corrected chi connectivity index (χ3v) is 3.46. The first-order valence-corrected chi connectivity index (χ1v) is 6.71. The van der Waals surface area contributed by atoms with Crippen LogP contribution in [0, 0.1) is 0 Å². The Morgan fingerprint density at radius 2 is 2.00 bits per heavy atom. The molecule has 0 unspecified atom stereocenters. The number of carbonyl (C=O) groups excluding carboxylic acids is 1. The number of ether oxygens (including phenoxy) is 2. The first-order valence-electron chi connectivity index (χ1n) is 6.71. The van der Waals surface area contributed by atoms with Crippen molar-refractivity contribution in [2.75, 3.05) is 33.4 Å². The van der Waals surface area contributed by atoms with Gasteiger partial charge in [-0.05, 0) is 12.1 Å². The molecule has 0 bridgehead atoms. The van der Waals surface area contributed by atoms with Crippen LogP contribution in [0.25, 0.3) is 0 Å². The summed E-state index contributed by atoms with van der Waals surface area (Å²) >= 11 is 0. The maximum Gasteiger partial charge on any atom is 0.416 e. The number of halogens is 3. The zero-order valence-electron chi connectivity index (χ0n) is 12.1. The minimum Gasteiger partial charge on any atom is -0.496 e. The normalized spacial score (nSPS) is 16.5. The molecule has 0 radical (unpaired) electrons. The lowest BCUT2D eigenvalue weighted by molar-refractivity contribution is -0.137. The smallest absolute Gasteiger partial charge is 0.416 e. The van der Waals surface area contributed by atoms with E-state index in [1.807, 2.05) is 4.90 Å². The Hall–Kier alpha value is -1.80. The molecule has 0 aliphatic carbocycles. The van der Waals surface area contributed by atoms with Crippen molar-refractivity contribution in [1.82, 2.24) is 4.90 Å². The van der Waals surface area contributed by atoms with Crippen LogP contribution < -0.4 is 10.5 Å². The molecule has 1 aromatic carbocycles. The van der Waals surface area contributed by atoms with Gasteiger partial charge in [0.25, 0.3) is 5.91 Å². The Balaban J connectivity index is 2.44. The molecule has 2 N–H and O–H groups in total. The van der Waals surface area contributed by atoms with Gasteiger partial charge >= 0.3 is 6.18 Å². The molecule has 8 heteroatoms. The standard InChI is InChI=1S/C14H17F3N2O3/c1-21-12-9(8-19-2-4-22-5-3-19)6-10(14(15,16)17)7-11(12)13(18)20/h6-7H,2-5,8H2,1H3,(H2,18,20).